The first-order chi connectivity index (χ1) is 14.0. The standard InChI is InChI=1S/C22H24F2N2O3/c23-22(24)15-25-20(27)26(16-22)21(10-12-28-13-11-21)18-6-8-19(9-7-18)29-14-17-4-2-1-3-5-17/h1-9H,10-16H2,(H,25,27). The number of carbonyl (C=O) groups is 1. The van der Waals surface area contributed by atoms with Gasteiger partial charge in [-0.1, -0.05) is 42.5 Å². The third-order valence-electron chi connectivity index (χ3n) is 5.61. The van der Waals surface area contributed by atoms with E-state index in [-0.39, 0.29) is 0 Å². The summed E-state index contributed by atoms with van der Waals surface area (Å²) >= 11 is 0. The predicted molar refractivity (Wildman–Crippen MR) is 104 cm³/mol. The first-order valence-electron chi connectivity index (χ1n) is 9.77. The number of alkyl halides is 2. The zero-order valence-electron chi connectivity index (χ0n) is 16.1. The summed E-state index contributed by atoms with van der Waals surface area (Å²) in [5.41, 5.74) is 1.06. The van der Waals surface area contributed by atoms with Crippen LogP contribution in [-0.2, 0) is 16.9 Å². The minimum Gasteiger partial charge on any atom is -0.489 e. The number of halogens is 2. The van der Waals surface area contributed by atoms with Crippen molar-refractivity contribution in [2.45, 2.75) is 30.9 Å². The van der Waals surface area contributed by atoms with E-state index >= 15 is 0 Å². The van der Waals surface area contributed by atoms with Crippen LogP contribution in [0.4, 0.5) is 13.6 Å². The van der Waals surface area contributed by atoms with Crippen molar-refractivity contribution in [2.24, 2.45) is 0 Å². The predicted octanol–water partition coefficient (Wildman–Crippen LogP) is 3.93. The molecule has 0 aliphatic carbocycles. The molecule has 2 aliphatic heterocycles. The van der Waals surface area contributed by atoms with Crippen molar-refractivity contribution >= 4 is 6.03 Å². The zero-order valence-corrected chi connectivity index (χ0v) is 16.1. The van der Waals surface area contributed by atoms with Gasteiger partial charge in [-0.2, -0.15) is 0 Å². The van der Waals surface area contributed by atoms with Gasteiger partial charge in [0.05, 0.1) is 18.6 Å². The molecule has 4 rings (SSSR count). The lowest BCUT2D eigenvalue weighted by molar-refractivity contribution is -0.0868. The van der Waals surface area contributed by atoms with Crippen molar-refractivity contribution in [1.82, 2.24) is 10.2 Å². The maximum absolute atomic E-state index is 14.1. The number of carbonyl (C=O) groups excluding carboxylic acids is 1. The Hall–Kier alpha value is -2.67. The summed E-state index contributed by atoms with van der Waals surface area (Å²) in [6.07, 6.45) is 0.946. The van der Waals surface area contributed by atoms with Gasteiger partial charge in [0.25, 0.3) is 5.92 Å². The lowest BCUT2D eigenvalue weighted by Gasteiger charge is -2.49. The van der Waals surface area contributed by atoms with Crippen molar-refractivity contribution in [3.05, 3.63) is 65.7 Å². The van der Waals surface area contributed by atoms with Gasteiger partial charge in [0.15, 0.2) is 0 Å². The Morgan fingerprint density at radius 3 is 2.41 bits per heavy atom. The average Bonchev–Trinajstić information content (AvgIpc) is 2.75. The third-order valence-corrected chi connectivity index (χ3v) is 5.61. The smallest absolute Gasteiger partial charge is 0.318 e. The second-order valence-electron chi connectivity index (χ2n) is 7.54. The topological polar surface area (TPSA) is 50.8 Å². The second kappa shape index (κ2) is 7.99. The van der Waals surface area contributed by atoms with Crippen molar-refractivity contribution < 1.29 is 23.0 Å². The van der Waals surface area contributed by atoms with Gasteiger partial charge in [0.1, 0.15) is 12.4 Å². The van der Waals surface area contributed by atoms with Crippen molar-refractivity contribution in [3.8, 4) is 5.75 Å². The summed E-state index contributed by atoms with van der Waals surface area (Å²) in [6.45, 7) is 0.0649. The van der Waals surface area contributed by atoms with Crippen molar-refractivity contribution in [3.63, 3.8) is 0 Å². The Kier molecular flexibility index (Phi) is 5.41. The van der Waals surface area contributed by atoms with Gasteiger partial charge >= 0.3 is 6.03 Å². The lowest BCUT2D eigenvalue weighted by Crippen LogP contribution is -2.64. The van der Waals surface area contributed by atoms with Crippen molar-refractivity contribution in [1.29, 1.82) is 0 Å². The van der Waals surface area contributed by atoms with Crippen LogP contribution >= 0.6 is 0 Å². The third kappa shape index (κ3) is 4.19. The van der Waals surface area contributed by atoms with Gasteiger partial charge in [-0.05, 0) is 36.1 Å². The molecular weight excluding hydrogens is 378 g/mol. The summed E-state index contributed by atoms with van der Waals surface area (Å²) in [5, 5.41) is 2.34. The number of rotatable bonds is 5. The summed E-state index contributed by atoms with van der Waals surface area (Å²) in [6, 6.07) is 16.8. The van der Waals surface area contributed by atoms with Crippen LogP contribution in [0.25, 0.3) is 0 Å². The molecule has 0 saturated carbocycles. The van der Waals surface area contributed by atoms with Crippen LogP contribution in [0.3, 0.4) is 0 Å². The molecule has 2 aromatic carbocycles. The number of ether oxygens (including phenoxy) is 2. The minimum atomic E-state index is -2.96. The molecule has 0 aromatic heterocycles. The van der Waals surface area contributed by atoms with E-state index in [1.54, 1.807) is 0 Å². The summed E-state index contributed by atoms with van der Waals surface area (Å²) in [5.74, 6) is -2.27. The Balaban J connectivity index is 1.56. The minimum absolute atomic E-state index is 0.418. The molecule has 1 N–H and O–H groups in total. The van der Waals surface area contributed by atoms with E-state index in [0.717, 1.165) is 11.1 Å². The molecule has 29 heavy (non-hydrogen) atoms. The lowest BCUT2D eigenvalue weighted by atomic mass is 9.80. The van der Waals surface area contributed by atoms with Crippen LogP contribution in [-0.4, -0.2) is 43.2 Å². The Bertz CT molecular complexity index is 837. The number of hydrogen-bond acceptors (Lipinski definition) is 3. The average molecular weight is 402 g/mol. The van der Waals surface area contributed by atoms with Crippen molar-refractivity contribution in [2.75, 3.05) is 26.3 Å². The molecule has 0 spiro atoms. The van der Waals surface area contributed by atoms with Crippen LogP contribution in [0.5, 0.6) is 5.75 Å². The number of benzene rings is 2. The van der Waals surface area contributed by atoms with Gasteiger partial charge in [-0.25, -0.2) is 13.6 Å². The highest BCUT2D eigenvalue weighted by Gasteiger charge is 2.49. The second-order valence-corrected chi connectivity index (χ2v) is 7.54. The van der Waals surface area contributed by atoms with E-state index < -0.39 is 30.6 Å². The normalized spacial score (nSPS) is 20.8. The molecule has 2 aromatic rings. The molecule has 2 saturated heterocycles. The Morgan fingerprint density at radius 1 is 1.03 bits per heavy atom. The van der Waals surface area contributed by atoms with E-state index in [1.165, 1.54) is 4.90 Å². The largest absolute Gasteiger partial charge is 0.489 e. The SMILES string of the molecule is O=C1NCC(F)(F)CN1C1(c2ccc(OCc3ccccc3)cc2)CCOCC1. The molecule has 0 atom stereocenters. The van der Waals surface area contributed by atoms with E-state index in [4.69, 9.17) is 9.47 Å². The molecule has 7 heteroatoms. The Labute approximate surface area is 168 Å². The molecule has 2 fully saturated rings. The number of nitrogens with zero attached hydrogens (tertiary/aromatic N) is 1. The highest BCUT2D eigenvalue weighted by Crippen LogP contribution is 2.41. The van der Waals surface area contributed by atoms with Crippen LogP contribution in [0.1, 0.15) is 24.0 Å². The van der Waals surface area contributed by atoms with Crippen LogP contribution in [0.2, 0.25) is 0 Å². The van der Waals surface area contributed by atoms with Gasteiger partial charge in [-0.15, -0.1) is 0 Å². The molecule has 2 amide bonds. The van der Waals surface area contributed by atoms with Gasteiger partial charge in [0, 0.05) is 13.2 Å². The highest BCUT2D eigenvalue weighted by molar-refractivity contribution is 5.76. The first kappa shape index (κ1) is 19.6. The zero-order chi connectivity index (χ0) is 20.3. The number of amides is 2. The first-order valence-corrected chi connectivity index (χ1v) is 9.77. The van der Waals surface area contributed by atoms with E-state index in [1.807, 2.05) is 54.6 Å². The molecule has 0 radical (unpaired) electrons. The van der Waals surface area contributed by atoms with Gasteiger partial charge in [-0.3, -0.25) is 0 Å². The molecule has 2 aliphatic rings. The molecule has 0 unspecified atom stereocenters. The molecule has 5 nitrogen and oxygen atoms in total. The number of nitrogens with one attached hydrogen (secondary N) is 1. The Morgan fingerprint density at radius 2 is 1.72 bits per heavy atom. The van der Waals surface area contributed by atoms with Gasteiger partial charge < -0.3 is 19.7 Å². The number of urea groups is 1. The fraction of sp³-hybridized carbons (Fsp3) is 0.409. The number of hydrogen-bond donors (Lipinski definition) is 1. The maximum atomic E-state index is 14.1. The van der Waals surface area contributed by atoms with Crippen LogP contribution in [0, 0.1) is 0 Å². The monoisotopic (exact) mass is 402 g/mol. The quantitative estimate of drug-likeness (QED) is 0.825. The van der Waals surface area contributed by atoms with Gasteiger partial charge in [0.2, 0.25) is 0 Å². The van der Waals surface area contributed by atoms with E-state index in [0.29, 0.717) is 38.4 Å². The fourth-order valence-corrected chi connectivity index (χ4v) is 4.03. The highest BCUT2D eigenvalue weighted by atomic mass is 19.3. The van der Waals surface area contributed by atoms with E-state index in [2.05, 4.69) is 5.32 Å². The molecule has 2 heterocycles. The summed E-state index contributed by atoms with van der Waals surface area (Å²) in [4.78, 5) is 13.8. The summed E-state index contributed by atoms with van der Waals surface area (Å²) in [7, 11) is 0. The molecule has 154 valence electrons. The van der Waals surface area contributed by atoms with Crippen LogP contribution in [0.15, 0.2) is 54.6 Å². The van der Waals surface area contributed by atoms with E-state index in [9.17, 15) is 13.6 Å². The molecule has 0 bridgehead atoms. The molecular formula is C22H24F2N2O3. The summed E-state index contributed by atoms with van der Waals surface area (Å²) < 4.78 is 39.5. The van der Waals surface area contributed by atoms with Crippen LogP contribution < -0.4 is 10.1 Å². The fourth-order valence-electron chi connectivity index (χ4n) is 4.03. The maximum Gasteiger partial charge on any atom is 0.318 e.